The summed E-state index contributed by atoms with van der Waals surface area (Å²) < 4.78 is 7.66. The lowest BCUT2D eigenvalue weighted by Crippen LogP contribution is -2.17. The zero-order chi connectivity index (χ0) is 13.5. The Labute approximate surface area is 117 Å². The van der Waals surface area contributed by atoms with E-state index < -0.39 is 0 Å². The van der Waals surface area contributed by atoms with Gasteiger partial charge in [-0.3, -0.25) is 4.68 Å². The van der Waals surface area contributed by atoms with Crippen molar-refractivity contribution in [2.24, 2.45) is 7.05 Å². The van der Waals surface area contributed by atoms with E-state index >= 15 is 0 Å². The third-order valence-corrected chi connectivity index (χ3v) is 4.15. The molecular weight excluding hydrogens is 250 g/mol. The molecular formula is C16H17N3O. The first kappa shape index (κ1) is 11.7. The Morgan fingerprint density at radius 2 is 2.20 bits per heavy atom. The molecule has 4 rings (SSSR count). The van der Waals surface area contributed by atoms with Gasteiger partial charge in [-0.05, 0) is 25.5 Å². The topological polar surface area (TPSA) is 43.0 Å². The van der Waals surface area contributed by atoms with Crippen molar-refractivity contribution in [2.45, 2.75) is 18.9 Å². The smallest absolute Gasteiger partial charge is 0.134 e. The highest BCUT2D eigenvalue weighted by atomic mass is 16.3. The average Bonchev–Trinajstić information content (AvgIpc) is 3.16. The highest BCUT2D eigenvalue weighted by Gasteiger charge is 2.24. The molecule has 4 nitrogen and oxygen atoms in total. The summed E-state index contributed by atoms with van der Waals surface area (Å²) in [5.74, 6) is 0. The van der Waals surface area contributed by atoms with Crippen LogP contribution in [0.1, 0.15) is 24.6 Å². The molecule has 0 radical (unpaired) electrons. The van der Waals surface area contributed by atoms with Gasteiger partial charge in [-0.1, -0.05) is 18.2 Å². The second kappa shape index (κ2) is 4.49. The van der Waals surface area contributed by atoms with Gasteiger partial charge in [0.1, 0.15) is 5.58 Å². The number of hydrogen-bond donors (Lipinski definition) is 1. The molecule has 1 atom stereocenters. The maximum Gasteiger partial charge on any atom is 0.134 e. The summed E-state index contributed by atoms with van der Waals surface area (Å²) in [7, 11) is 2.01. The van der Waals surface area contributed by atoms with Gasteiger partial charge in [-0.15, -0.1) is 0 Å². The van der Waals surface area contributed by atoms with Crippen LogP contribution in [0.25, 0.3) is 22.1 Å². The van der Waals surface area contributed by atoms with Gasteiger partial charge in [0.25, 0.3) is 0 Å². The normalized spacial score (nSPS) is 18.9. The van der Waals surface area contributed by atoms with Crippen molar-refractivity contribution in [1.82, 2.24) is 15.1 Å². The van der Waals surface area contributed by atoms with Crippen molar-refractivity contribution in [3.05, 3.63) is 42.4 Å². The van der Waals surface area contributed by atoms with E-state index in [4.69, 9.17) is 4.42 Å². The highest BCUT2D eigenvalue weighted by molar-refractivity contribution is 5.94. The van der Waals surface area contributed by atoms with Crippen LogP contribution in [0.3, 0.4) is 0 Å². The van der Waals surface area contributed by atoms with Crippen LogP contribution >= 0.6 is 0 Å². The Morgan fingerprint density at radius 1 is 1.30 bits per heavy atom. The molecule has 0 saturated carbocycles. The fraction of sp³-hybridized carbons (Fsp3) is 0.312. The lowest BCUT2D eigenvalue weighted by molar-refractivity contribution is 0.575. The lowest BCUT2D eigenvalue weighted by atomic mass is 10.0. The molecule has 1 N–H and O–H groups in total. The summed E-state index contributed by atoms with van der Waals surface area (Å²) >= 11 is 0. The highest BCUT2D eigenvalue weighted by Crippen LogP contribution is 2.36. The Hall–Kier alpha value is -2.07. The number of nitrogens with zero attached hydrogens (tertiary/aromatic N) is 2. The fourth-order valence-corrected chi connectivity index (χ4v) is 3.17. The van der Waals surface area contributed by atoms with E-state index in [1.54, 1.807) is 0 Å². The molecule has 20 heavy (non-hydrogen) atoms. The van der Waals surface area contributed by atoms with E-state index in [1.165, 1.54) is 24.1 Å². The van der Waals surface area contributed by atoms with Crippen molar-refractivity contribution in [3.8, 4) is 11.1 Å². The number of aromatic nitrogens is 2. The predicted molar refractivity (Wildman–Crippen MR) is 78.4 cm³/mol. The van der Waals surface area contributed by atoms with Crippen LogP contribution in [0.5, 0.6) is 0 Å². The minimum Gasteiger partial charge on any atom is -0.464 e. The van der Waals surface area contributed by atoms with Gasteiger partial charge in [0.2, 0.25) is 0 Å². The number of rotatable bonds is 2. The zero-order valence-electron chi connectivity index (χ0n) is 11.5. The molecule has 1 aromatic carbocycles. The summed E-state index contributed by atoms with van der Waals surface area (Å²) in [6.07, 6.45) is 6.19. The number of furan rings is 1. The molecule has 1 fully saturated rings. The van der Waals surface area contributed by atoms with E-state index in [0.717, 1.165) is 23.1 Å². The third-order valence-electron chi connectivity index (χ3n) is 4.15. The molecule has 0 bridgehead atoms. The zero-order valence-corrected chi connectivity index (χ0v) is 11.5. The SMILES string of the molecule is Cn1ncc(-c2coc3ccccc23)c1C1CCCN1. The summed E-state index contributed by atoms with van der Waals surface area (Å²) in [6, 6.07) is 8.55. The van der Waals surface area contributed by atoms with Crippen LogP contribution in [-0.4, -0.2) is 16.3 Å². The standard InChI is InChI=1S/C16H17N3O/c1-19-16(14-6-4-8-17-14)12(9-18-19)13-10-20-15-7-3-2-5-11(13)15/h2-3,5,7,9-10,14,17H,4,6,8H2,1H3. The van der Waals surface area contributed by atoms with Gasteiger partial charge in [-0.2, -0.15) is 5.10 Å². The third kappa shape index (κ3) is 1.68. The first-order chi connectivity index (χ1) is 9.84. The molecule has 3 aromatic rings. The summed E-state index contributed by atoms with van der Waals surface area (Å²) in [4.78, 5) is 0. The second-order valence-electron chi connectivity index (χ2n) is 5.36. The first-order valence-corrected chi connectivity index (χ1v) is 7.06. The van der Waals surface area contributed by atoms with Crippen molar-refractivity contribution in [3.63, 3.8) is 0 Å². The number of para-hydroxylation sites is 1. The van der Waals surface area contributed by atoms with Crippen LogP contribution < -0.4 is 5.32 Å². The molecule has 1 unspecified atom stereocenters. The van der Waals surface area contributed by atoms with Gasteiger partial charge >= 0.3 is 0 Å². The molecule has 2 aromatic heterocycles. The van der Waals surface area contributed by atoms with Crippen LogP contribution in [0.4, 0.5) is 0 Å². The minimum absolute atomic E-state index is 0.395. The Kier molecular flexibility index (Phi) is 2.63. The summed E-state index contributed by atoms with van der Waals surface area (Å²) in [5, 5.41) is 9.17. The monoisotopic (exact) mass is 267 g/mol. The Bertz CT molecular complexity index is 750. The number of nitrogens with one attached hydrogen (secondary N) is 1. The molecule has 1 aliphatic rings. The van der Waals surface area contributed by atoms with E-state index in [2.05, 4.69) is 16.5 Å². The largest absolute Gasteiger partial charge is 0.464 e. The van der Waals surface area contributed by atoms with Crippen molar-refractivity contribution in [2.75, 3.05) is 6.54 Å². The molecule has 3 heterocycles. The number of hydrogen-bond acceptors (Lipinski definition) is 3. The fourth-order valence-electron chi connectivity index (χ4n) is 3.17. The van der Waals surface area contributed by atoms with Gasteiger partial charge in [0, 0.05) is 29.6 Å². The van der Waals surface area contributed by atoms with Crippen LogP contribution in [0, 0.1) is 0 Å². The molecule has 4 heteroatoms. The lowest BCUT2D eigenvalue weighted by Gasteiger charge is -2.13. The second-order valence-corrected chi connectivity index (χ2v) is 5.36. The van der Waals surface area contributed by atoms with Crippen LogP contribution in [0.2, 0.25) is 0 Å². The van der Waals surface area contributed by atoms with E-state index in [9.17, 15) is 0 Å². The molecule has 0 aliphatic carbocycles. The van der Waals surface area contributed by atoms with Gasteiger partial charge in [-0.25, -0.2) is 0 Å². The maximum atomic E-state index is 5.67. The summed E-state index contributed by atoms with van der Waals surface area (Å²) in [5.41, 5.74) is 4.50. The summed E-state index contributed by atoms with van der Waals surface area (Å²) in [6.45, 7) is 1.08. The Morgan fingerprint density at radius 3 is 3.05 bits per heavy atom. The van der Waals surface area contributed by atoms with Gasteiger partial charge in [0.05, 0.1) is 18.2 Å². The molecule has 0 spiro atoms. The molecule has 102 valence electrons. The first-order valence-electron chi connectivity index (χ1n) is 7.06. The van der Waals surface area contributed by atoms with Crippen molar-refractivity contribution >= 4 is 11.0 Å². The molecule has 1 aliphatic heterocycles. The van der Waals surface area contributed by atoms with Crippen molar-refractivity contribution in [1.29, 1.82) is 0 Å². The quantitative estimate of drug-likeness (QED) is 0.775. The average molecular weight is 267 g/mol. The number of benzene rings is 1. The number of fused-ring (bicyclic) bond motifs is 1. The minimum atomic E-state index is 0.395. The van der Waals surface area contributed by atoms with E-state index in [0.29, 0.717) is 6.04 Å². The van der Waals surface area contributed by atoms with E-state index in [1.807, 2.05) is 42.4 Å². The van der Waals surface area contributed by atoms with Crippen molar-refractivity contribution < 1.29 is 4.42 Å². The molecule has 0 amide bonds. The van der Waals surface area contributed by atoms with Gasteiger partial charge in [0.15, 0.2) is 0 Å². The van der Waals surface area contributed by atoms with E-state index in [-0.39, 0.29) is 0 Å². The van der Waals surface area contributed by atoms with Crippen LogP contribution in [0.15, 0.2) is 41.1 Å². The van der Waals surface area contributed by atoms with Gasteiger partial charge < -0.3 is 9.73 Å². The predicted octanol–water partition coefficient (Wildman–Crippen LogP) is 3.26. The molecule has 1 saturated heterocycles. The Balaban J connectivity index is 1.90. The number of aryl methyl sites for hydroxylation is 1. The maximum absolute atomic E-state index is 5.67. The van der Waals surface area contributed by atoms with Crippen LogP contribution in [-0.2, 0) is 7.05 Å².